The molecule has 2 aromatic heterocycles. The van der Waals surface area contributed by atoms with Crippen LogP contribution in [0.1, 0.15) is 68.8 Å². The van der Waals surface area contributed by atoms with E-state index in [4.69, 9.17) is 9.72 Å². The Balaban J connectivity index is 1.14. The molecule has 0 spiro atoms. The molecule has 5 aromatic rings. The monoisotopic (exact) mass is 504 g/mol. The fraction of sp³-hybridized carbons (Fsp3) is 0.355. The van der Waals surface area contributed by atoms with Gasteiger partial charge in [0, 0.05) is 23.0 Å². The largest absolute Gasteiger partial charge is 0.488 e. The Bertz CT molecular complexity index is 1700. The van der Waals surface area contributed by atoms with Gasteiger partial charge in [-0.05, 0) is 85.9 Å². The van der Waals surface area contributed by atoms with E-state index in [0.29, 0.717) is 30.8 Å². The second-order valence-corrected chi connectivity index (χ2v) is 11.4. The van der Waals surface area contributed by atoms with Crippen molar-refractivity contribution in [2.75, 3.05) is 0 Å². The molecule has 2 saturated heterocycles. The molecular formula is C31H32N6O. The Morgan fingerprint density at radius 2 is 1.63 bits per heavy atom. The number of hydrogen-bond donors (Lipinski definition) is 4. The number of benzene rings is 3. The molecule has 3 aliphatic rings. The Hall–Kier alpha value is -3.68. The van der Waals surface area contributed by atoms with E-state index in [9.17, 15) is 0 Å². The number of aromatic nitrogens is 4. The van der Waals surface area contributed by atoms with Crippen LogP contribution in [-0.4, -0.2) is 32.0 Å². The maximum Gasteiger partial charge on any atom is 0.128 e. The lowest BCUT2D eigenvalue weighted by atomic mass is 9.92. The molecule has 3 aromatic carbocycles. The molecule has 2 fully saturated rings. The van der Waals surface area contributed by atoms with Crippen molar-refractivity contribution in [3.05, 3.63) is 65.9 Å². The molecule has 38 heavy (non-hydrogen) atoms. The molecule has 0 radical (unpaired) electrons. The minimum Gasteiger partial charge on any atom is -0.488 e. The van der Waals surface area contributed by atoms with Crippen LogP contribution in [0.5, 0.6) is 5.75 Å². The van der Waals surface area contributed by atoms with E-state index >= 15 is 0 Å². The standard InChI is InChI=1S/C31H32N6O/c1-16-3-8-25(33-16)30-32-14-27(36-30)19-5-7-21-20(11-19)15-38-28-13-22-18(12-23(21)28)6-10-24-29(22)37-31(35-24)26-9-4-17(2)34-26/h5-7,10-14,16-17,25-26,33-34H,3-4,8-9,15H2,1-2H3,(H,32,36)(H,35,37)/t16?,17-,25?,26-/m0/s1. The number of imidazole rings is 2. The van der Waals surface area contributed by atoms with Crippen molar-refractivity contribution in [3.8, 4) is 28.1 Å². The molecular weight excluding hydrogens is 472 g/mol. The fourth-order valence-electron chi connectivity index (χ4n) is 6.58. The third-order valence-corrected chi connectivity index (χ3v) is 8.68. The summed E-state index contributed by atoms with van der Waals surface area (Å²) in [6.07, 6.45) is 6.57. The Kier molecular flexibility index (Phi) is 4.94. The van der Waals surface area contributed by atoms with Crippen LogP contribution in [0.4, 0.5) is 0 Å². The topological polar surface area (TPSA) is 90.7 Å². The average molecular weight is 505 g/mol. The lowest BCUT2D eigenvalue weighted by Crippen LogP contribution is -2.21. The van der Waals surface area contributed by atoms with Gasteiger partial charge in [0.1, 0.15) is 24.0 Å². The van der Waals surface area contributed by atoms with Crippen molar-refractivity contribution in [1.82, 2.24) is 30.6 Å². The maximum absolute atomic E-state index is 6.33. The summed E-state index contributed by atoms with van der Waals surface area (Å²) in [6, 6.07) is 17.1. The lowest BCUT2D eigenvalue weighted by molar-refractivity contribution is 0.303. The van der Waals surface area contributed by atoms with E-state index in [0.717, 1.165) is 63.5 Å². The summed E-state index contributed by atoms with van der Waals surface area (Å²) in [6.45, 7) is 5.02. The maximum atomic E-state index is 6.33. The molecule has 0 amide bonds. The van der Waals surface area contributed by atoms with Gasteiger partial charge in [0.05, 0.1) is 35.0 Å². The second kappa shape index (κ2) is 8.41. The van der Waals surface area contributed by atoms with Crippen molar-refractivity contribution in [3.63, 3.8) is 0 Å². The Labute approximate surface area is 221 Å². The number of rotatable bonds is 3. The van der Waals surface area contributed by atoms with Crippen molar-refractivity contribution in [2.45, 2.75) is 70.3 Å². The molecule has 4 atom stereocenters. The second-order valence-electron chi connectivity index (χ2n) is 11.4. The van der Waals surface area contributed by atoms with Gasteiger partial charge in [-0.1, -0.05) is 18.2 Å². The highest BCUT2D eigenvalue weighted by Gasteiger charge is 2.26. The molecule has 7 nitrogen and oxygen atoms in total. The first-order valence-electron chi connectivity index (χ1n) is 13.9. The van der Waals surface area contributed by atoms with Crippen LogP contribution in [0.15, 0.2) is 48.7 Å². The molecule has 0 aliphatic carbocycles. The number of nitrogens with one attached hydrogen (secondary N) is 4. The first-order valence-corrected chi connectivity index (χ1v) is 13.9. The number of H-pyrrole nitrogens is 2. The first kappa shape index (κ1) is 22.3. The van der Waals surface area contributed by atoms with Crippen LogP contribution in [0.3, 0.4) is 0 Å². The molecule has 2 unspecified atom stereocenters. The minimum absolute atomic E-state index is 0.298. The quantitative estimate of drug-likeness (QED) is 0.232. The smallest absolute Gasteiger partial charge is 0.128 e. The van der Waals surface area contributed by atoms with Crippen molar-refractivity contribution in [1.29, 1.82) is 0 Å². The van der Waals surface area contributed by atoms with E-state index in [1.54, 1.807) is 0 Å². The van der Waals surface area contributed by atoms with Crippen LogP contribution in [0, 0.1) is 0 Å². The SMILES string of the molecule is CC1CCC(c2ncc(-c3ccc4c(c3)COc3cc5c(ccc6[nH]c([C@@H]7CC[C@H](C)N7)nc65)cc3-4)[nH]2)N1. The van der Waals surface area contributed by atoms with Crippen LogP contribution >= 0.6 is 0 Å². The van der Waals surface area contributed by atoms with Gasteiger partial charge in [0.15, 0.2) is 0 Å². The summed E-state index contributed by atoms with van der Waals surface area (Å²) in [5.41, 5.74) is 7.86. The molecule has 7 heteroatoms. The van der Waals surface area contributed by atoms with Gasteiger partial charge in [-0.3, -0.25) is 0 Å². The van der Waals surface area contributed by atoms with Crippen molar-refractivity contribution < 1.29 is 4.74 Å². The summed E-state index contributed by atoms with van der Waals surface area (Å²) in [7, 11) is 0. The molecule has 192 valence electrons. The molecule has 0 saturated carbocycles. The van der Waals surface area contributed by atoms with Crippen molar-refractivity contribution in [2.24, 2.45) is 0 Å². The van der Waals surface area contributed by atoms with E-state index in [1.807, 2.05) is 6.20 Å². The van der Waals surface area contributed by atoms with E-state index in [-0.39, 0.29) is 0 Å². The Morgan fingerprint density at radius 1 is 0.816 bits per heavy atom. The van der Waals surface area contributed by atoms with Crippen LogP contribution < -0.4 is 15.4 Å². The van der Waals surface area contributed by atoms with Crippen LogP contribution in [0.25, 0.3) is 44.2 Å². The number of ether oxygens (including phenoxy) is 1. The van der Waals surface area contributed by atoms with Gasteiger partial charge in [-0.25, -0.2) is 9.97 Å². The summed E-state index contributed by atoms with van der Waals surface area (Å²) < 4.78 is 6.33. The van der Waals surface area contributed by atoms with Gasteiger partial charge in [0.2, 0.25) is 0 Å². The number of hydrogen-bond acceptors (Lipinski definition) is 5. The van der Waals surface area contributed by atoms with E-state index < -0.39 is 0 Å². The zero-order valence-corrected chi connectivity index (χ0v) is 21.8. The first-order chi connectivity index (χ1) is 18.6. The molecule has 8 rings (SSSR count). The molecule has 5 heterocycles. The summed E-state index contributed by atoms with van der Waals surface area (Å²) >= 11 is 0. The van der Waals surface area contributed by atoms with Crippen LogP contribution in [-0.2, 0) is 6.61 Å². The summed E-state index contributed by atoms with van der Waals surface area (Å²) in [5, 5.41) is 9.57. The molecule has 0 bridgehead atoms. The molecule has 3 aliphatic heterocycles. The zero-order chi connectivity index (χ0) is 25.4. The number of nitrogens with zero attached hydrogens (tertiary/aromatic N) is 2. The highest BCUT2D eigenvalue weighted by atomic mass is 16.5. The number of fused-ring (bicyclic) bond motifs is 6. The lowest BCUT2D eigenvalue weighted by Gasteiger charge is -2.22. The van der Waals surface area contributed by atoms with E-state index in [2.05, 4.69) is 81.9 Å². The summed E-state index contributed by atoms with van der Waals surface area (Å²) in [5.74, 6) is 2.99. The van der Waals surface area contributed by atoms with Gasteiger partial charge in [-0.15, -0.1) is 0 Å². The van der Waals surface area contributed by atoms with Gasteiger partial charge in [0.25, 0.3) is 0 Å². The predicted octanol–water partition coefficient (Wildman–Crippen LogP) is 6.29. The highest BCUT2D eigenvalue weighted by molar-refractivity contribution is 6.07. The highest BCUT2D eigenvalue weighted by Crippen LogP contribution is 2.43. The molecule has 4 N–H and O–H groups in total. The Morgan fingerprint density at radius 3 is 2.42 bits per heavy atom. The van der Waals surface area contributed by atoms with E-state index in [1.165, 1.54) is 29.4 Å². The average Bonchev–Trinajstić information content (AvgIpc) is 3.73. The summed E-state index contributed by atoms with van der Waals surface area (Å²) in [4.78, 5) is 16.8. The third-order valence-electron chi connectivity index (χ3n) is 8.68. The zero-order valence-electron chi connectivity index (χ0n) is 21.8. The van der Waals surface area contributed by atoms with Crippen LogP contribution in [0.2, 0.25) is 0 Å². The fourth-order valence-corrected chi connectivity index (χ4v) is 6.58. The third kappa shape index (κ3) is 3.56. The van der Waals surface area contributed by atoms with Gasteiger partial charge >= 0.3 is 0 Å². The predicted molar refractivity (Wildman–Crippen MR) is 150 cm³/mol. The van der Waals surface area contributed by atoms with Gasteiger partial charge in [-0.2, -0.15) is 0 Å². The normalized spacial score (nSPS) is 24.6. The number of aromatic amines is 2. The van der Waals surface area contributed by atoms with Crippen molar-refractivity contribution >= 4 is 21.8 Å². The van der Waals surface area contributed by atoms with Gasteiger partial charge < -0.3 is 25.3 Å². The minimum atomic E-state index is 0.298.